The maximum Gasteiger partial charge on any atom is 0.410 e. The third-order valence-electron chi connectivity index (χ3n) is 3.66. The number of amides is 1. The molecule has 0 spiro atoms. The molecule has 2 heterocycles. The van der Waals surface area contributed by atoms with Crippen molar-refractivity contribution in [3.63, 3.8) is 0 Å². The van der Waals surface area contributed by atoms with Crippen molar-refractivity contribution >= 4 is 49.3 Å². The van der Waals surface area contributed by atoms with Gasteiger partial charge in [0.2, 0.25) is 0 Å². The molecule has 0 aliphatic carbocycles. The van der Waals surface area contributed by atoms with Crippen LogP contribution in [-0.4, -0.2) is 36.2 Å². The van der Waals surface area contributed by atoms with Gasteiger partial charge in [0.15, 0.2) is 0 Å². The molecule has 2 rings (SSSR count). The molecule has 1 atom stereocenters. The first-order valence-corrected chi connectivity index (χ1v) is 10.3. The van der Waals surface area contributed by atoms with Crippen LogP contribution in [0.5, 0.6) is 0 Å². The Kier molecular flexibility index (Phi) is 6.95. The molecule has 0 bridgehead atoms. The topological polar surface area (TPSA) is 41.6 Å². The van der Waals surface area contributed by atoms with Crippen LogP contribution >= 0.6 is 43.2 Å². The van der Waals surface area contributed by atoms with Gasteiger partial charge in [-0.05, 0) is 84.0 Å². The van der Waals surface area contributed by atoms with Crippen LogP contribution in [0.15, 0.2) is 14.3 Å². The second-order valence-electron chi connectivity index (χ2n) is 6.88. The van der Waals surface area contributed by atoms with Crippen molar-refractivity contribution < 1.29 is 9.53 Å². The zero-order chi connectivity index (χ0) is 17.0. The van der Waals surface area contributed by atoms with Gasteiger partial charge in [-0.2, -0.15) is 0 Å². The molecule has 1 amide bonds. The molecule has 1 aliphatic rings. The lowest BCUT2D eigenvalue weighted by Crippen LogP contribution is -2.35. The molecular formula is C16H24Br2N2O2S. The smallest absolute Gasteiger partial charge is 0.410 e. The summed E-state index contributed by atoms with van der Waals surface area (Å²) in [5, 5.41) is 3.49. The predicted octanol–water partition coefficient (Wildman–Crippen LogP) is 5.01. The molecule has 0 aromatic carbocycles. The highest BCUT2D eigenvalue weighted by Gasteiger charge is 2.29. The first-order valence-electron chi connectivity index (χ1n) is 7.87. The number of nitrogens with zero attached hydrogens (tertiary/aromatic N) is 1. The molecule has 1 fully saturated rings. The van der Waals surface area contributed by atoms with E-state index in [-0.39, 0.29) is 6.09 Å². The normalized spacial score (nSPS) is 18.5. The predicted molar refractivity (Wildman–Crippen MR) is 102 cm³/mol. The number of halogens is 2. The van der Waals surface area contributed by atoms with Crippen LogP contribution in [-0.2, 0) is 11.3 Å². The lowest BCUT2D eigenvalue weighted by Gasteiger charge is -2.24. The Bertz CT molecular complexity index is 523. The van der Waals surface area contributed by atoms with Crippen LogP contribution in [0.2, 0.25) is 0 Å². The van der Waals surface area contributed by atoms with E-state index in [1.54, 1.807) is 11.3 Å². The lowest BCUT2D eigenvalue weighted by atomic mass is 10.1. The zero-order valence-electron chi connectivity index (χ0n) is 13.8. The number of ether oxygens (including phenoxy) is 1. The summed E-state index contributed by atoms with van der Waals surface area (Å²) in [7, 11) is 0. The largest absolute Gasteiger partial charge is 0.444 e. The Labute approximate surface area is 159 Å². The number of carbonyl (C=O) groups is 1. The fraction of sp³-hybridized carbons (Fsp3) is 0.688. The average molecular weight is 468 g/mol. The number of nitrogens with one attached hydrogen (secondary N) is 1. The Morgan fingerprint density at radius 3 is 2.83 bits per heavy atom. The molecule has 4 nitrogen and oxygen atoms in total. The van der Waals surface area contributed by atoms with Crippen LogP contribution in [0.4, 0.5) is 4.79 Å². The van der Waals surface area contributed by atoms with E-state index in [1.807, 2.05) is 25.7 Å². The van der Waals surface area contributed by atoms with Crippen molar-refractivity contribution in [2.75, 3.05) is 19.6 Å². The fourth-order valence-corrected chi connectivity index (χ4v) is 4.70. The van der Waals surface area contributed by atoms with Crippen molar-refractivity contribution in [1.82, 2.24) is 10.2 Å². The molecule has 1 N–H and O–H groups in total. The SMILES string of the molecule is CC(C)(C)OC(=O)N1CCC(CCNCc2cc(Br)c(Br)s2)C1. The highest BCUT2D eigenvalue weighted by atomic mass is 79.9. The van der Waals surface area contributed by atoms with Gasteiger partial charge in [-0.25, -0.2) is 4.79 Å². The van der Waals surface area contributed by atoms with Gasteiger partial charge in [0, 0.05) is 29.0 Å². The number of carbonyl (C=O) groups excluding carboxylic acids is 1. The minimum atomic E-state index is -0.417. The average Bonchev–Trinajstić information content (AvgIpc) is 3.01. The van der Waals surface area contributed by atoms with Gasteiger partial charge in [0.25, 0.3) is 0 Å². The minimum Gasteiger partial charge on any atom is -0.444 e. The maximum atomic E-state index is 12.0. The van der Waals surface area contributed by atoms with Crippen LogP contribution < -0.4 is 5.32 Å². The van der Waals surface area contributed by atoms with E-state index in [2.05, 4.69) is 43.2 Å². The van der Waals surface area contributed by atoms with E-state index in [4.69, 9.17) is 4.74 Å². The zero-order valence-corrected chi connectivity index (χ0v) is 17.8. The fourth-order valence-electron chi connectivity index (χ4n) is 2.56. The molecule has 0 radical (unpaired) electrons. The maximum absolute atomic E-state index is 12.0. The monoisotopic (exact) mass is 466 g/mol. The van der Waals surface area contributed by atoms with Crippen LogP contribution in [0.1, 0.15) is 38.5 Å². The number of rotatable bonds is 5. The van der Waals surface area contributed by atoms with Crippen LogP contribution in [0.25, 0.3) is 0 Å². The summed E-state index contributed by atoms with van der Waals surface area (Å²) in [5.41, 5.74) is -0.417. The van der Waals surface area contributed by atoms with Gasteiger partial charge < -0.3 is 15.0 Å². The van der Waals surface area contributed by atoms with Gasteiger partial charge >= 0.3 is 6.09 Å². The Hall–Kier alpha value is -0.110. The Morgan fingerprint density at radius 2 is 2.22 bits per heavy atom. The van der Waals surface area contributed by atoms with Crippen molar-refractivity contribution in [2.45, 2.75) is 45.8 Å². The van der Waals surface area contributed by atoms with Crippen molar-refractivity contribution in [1.29, 1.82) is 0 Å². The van der Waals surface area contributed by atoms with E-state index < -0.39 is 5.60 Å². The molecule has 1 saturated heterocycles. The summed E-state index contributed by atoms with van der Waals surface area (Å²) in [5.74, 6) is 0.567. The summed E-state index contributed by atoms with van der Waals surface area (Å²) in [6.45, 7) is 9.20. The summed E-state index contributed by atoms with van der Waals surface area (Å²) >= 11 is 8.76. The van der Waals surface area contributed by atoms with Crippen molar-refractivity contribution in [3.05, 3.63) is 19.2 Å². The summed E-state index contributed by atoms with van der Waals surface area (Å²) in [6, 6.07) is 2.14. The molecule has 7 heteroatoms. The summed E-state index contributed by atoms with van der Waals surface area (Å²) in [4.78, 5) is 15.2. The van der Waals surface area contributed by atoms with E-state index >= 15 is 0 Å². The third kappa shape index (κ3) is 6.36. The van der Waals surface area contributed by atoms with Crippen molar-refractivity contribution in [2.24, 2.45) is 5.92 Å². The quantitative estimate of drug-likeness (QED) is 0.618. The molecule has 1 aromatic heterocycles. The summed E-state index contributed by atoms with van der Waals surface area (Å²) < 4.78 is 7.68. The first-order chi connectivity index (χ1) is 10.7. The molecule has 1 unspecified atom stereocenters. The van der Waals surface area contributed by atoms with E-state index in [9.17, 15) is 4.79 Å². The first kappa shape index (κ1) is 19.2. The van der Waals surface area contributed by atoms with Crippen LogP contribution in [0, 0.1) is 5.92 Å². The van der Waals surface area contributed by atoms with Gasteiger partial charge in [-0.3, -0.25) is 0 Å². The molecule has 1 aliphatic heterocycles. The van der Waals surface area contributed by atoms with Gasteiger partial charge in [-0.15, -0.1) is 11.3 Å². The van der Waals surface area contributed by atoms with Gasteiger partial charge in [0.05, 0.1) is 3.79 Å². The molecule has 130 valence electrons. The molecule has 1 aromatic rings. The second kappa shape index (κ2) is 8.32. The highest BCUT2D eigenvalue weighted by molar-refractivity contribution is 9.13. The molecular weight excluding hydrogens is 444 g/mol. The van der Waals surface area contributed by atoms with Gasteiger partial charge in [-0.1, -0.05) is 0 Å². The van der Waals surface area contributed by atoms with E-state index in [0.29, 0.717) is 5.92 Å². The Balaban J connectivity index is 1.65. The van der Waals surface area contributed by atoms with E-state index in [0.717, 1.165) is 47.3 Å². The second-order valence-corrected chi connectivity index (χ2v) is 10.2. The molecule has 0 saturated carbocycles. The number of likely N-dealkylation sites (tertiary alicyclic amines) is 1. The van der Waals surface area contributed by atoms with Crippen LogP contribution in [0.3, 0.4) is 0 Å². The highest BCUT2D eigenvalue weighted by Crippen LogP contribution is 2.32. The number of hydrogen-bond donors (Lipinski definition) is 1. The number of hydrogen-bond acceptors (Lipinski definition) is 4. The van der Waals surface area contributed by atoms with E-state index in [1.165, 1.54) is 4.88 Å². The minimum absolute atomic E-state index is 0.179. The molecule has 23 heavy (non-hydrogen) atoms. The summed E-state index contributed by atoms with van der Waals surface area (Å²) in [6.07, 6.45) is 1.98. The lowest BCUT2D eigenvalue weighted by molar-refractivity contribution is 0.0287. The third-order valence-corrected chi connectivity index (χ3v) is 6.92. The Morgan fingerprint density at radius 1 is 1.48 bits per heavy atom. The number of thiophene rings is 1. The van der Waals surface area contributed by atoms with Gasteiger partial charge in [0.1, 0.15) is 5.60 Å². The van der Waals surface area contributed by atoms with Crippen molar-refractivity contribution in [3.8, 4) is 0 Å². The standard InChI is InChI=1S/C16H24Br2N2O2S/c1-16(2,3)22-15(21)20-7-5-11(10-20)4-6-19-9-12-8-13(17)14(18)23-12/h8,11,19H,4-7,9-10H2,1-3H3.